The number of rotatable bonds is 10. The van der Waals surface area contributed by atoms with Gasteiger partial charge in [0.2, 0.25) is 0 Å². The lowest BCUT2D eigenvalue weighted by Gasteiger charge is -2.15. The molecule has 176 valence electrons. The van der Waals surface area contributed by atoms with Gasteiger partial charge in [0.1, 0.15) is 23.9 Å². The number of hydrogen-bond acceptors (Lipinski definition) is 5. The van der Waals surface area contributed by atoms with E-state index in [1.54, 1.807) is 13.2 Å². The van der Waals surface area contributed by atoms with Gasteiger partial charge in [-0.25, -0.2) is 4.99 Å². The Balaban J connectivity index is 0.00000385. The Labute approximate surface area is 212 Å². The largest absolute Gasteiger partial charge is 0.497 e. The molecule has 0 unspecified atom stereocenters. The van der Waals surface area contributed by atoms with E-state index in [0.717, 1.165) is 34.3 Å². The maximum absolute atomic E-state index is 5.77. The van der Waals surface area contributed by atoms with Crippen molar-refractivity contribution in [1.29, 1.82) is 0 Å². The van der Waals surface area contributed by atoms with Crippen molar-refractivity contribution in [3.63, 3.8) is 0 Å². The lowest BCUT2D eigenvalue weighted by molar-refractivity contribution is 0.358. The zero-order valence-electron chi connectivity index (χ0n) is 19.2. The van der Waals surface area contributed by atoms with Gasteiger partial charge < -0.3 is 24.7 Å². The Morgan fingerprint density at radius 1 is 1.09 bits per heavy atom. The summed E-state index contributed by atoms with van der Waals surface area (Å²) in [6.45, 7) is 7.67. The fourth-order valence-corrected chi connectivity index (χ4v) is 2.96. The van der Waals surface area contributed by atoms with Gasteiger partial charge in [0.05, 0.1) is 20.2 Å². The normalized spacial score (nSPS) is 10.8. The van der Waals surface area contributed by atoms with Crippen LogP contribution in [0.4, 0.5) is 0 Å². The van der Waals surface area contributed by atoms with Gasteiger partial charge in [0.15, 0.2) is 11.8 Å². The molecule has 0 spiro atoms. The summed E-state index contributed by atoms with van der Waals surface area (Å²) in [6, 6.07) is 15.8. The number of guanidine groups is 1. The second-order valence-electron chi connectivity index (χ2n) is 7.15. The van der Waals surface area contributed by atoms with E-state index in [2.05, 4.69) is 27.4 Å². The van der Waals surface area contributed by atoms with Crippen LogP contribution < -0.4 is 20.1 Å². The highest BCUT2D eigenvalue weighted by Gasteiger charge is 2.08. The number of nitrogens with zero attached hydrogens (tertiary/aromatic N) is 4. The van der Waals surface area contributed by atoms with Gasteiger partial charge in [-0.3, -0.25) is 0 Å². The van der Waals surface area contributed by atoms with Gasteiger partial charge in [-0.15, -0.1) is 34.2 Å². The van der Waals surface area contributed by atoms with E-state index < -0.39 is 0 Å². The van der Waals surface area contributed by atoms with E-state index >= 15 is 0 Å². The third-order valence-corrected chi connectivity index (χ3v) is 4.95. The standard InChI is InChI=1S/C24H30N6O2.HI/c1-5-14-32-22-9-7-6-8-20(22)16-26-24(27-17-23-29-28-18(2)30(23)3)25-15-19-10-12-21(31-4)13-11-19;/h5-13H,1,14-17H2,2-4H3,(H2,25,26,27);1H. The van der Waals surface area contributed by atoms with Crippen LogP contribution in [0.2, 0.25) is 0 Å². The maximum atomic E-state index is 5.77. The number of aryl methyl sites for hydroxylation is 1. The van der Waals surface area contributed by atoms with Crippen LogP contribution in [0.3, 0.4) is 0 Å². The van der Waals surface area contributed by atoms with E-state index in [9.17, 15) is 0 Å². The molecular weight excluding hydrogens is 531 g/mol. The van der Waals surface area contributed by atoms with Crippen molar-refractivity contribution < 1.29 is 9.47 Å². The van der Waals surface area contributed by atoms with Crippen molar-refractivity contribution in [1.82, 2.24) is 25.4 Å². The fraction of sp³-hybridized carbons (Fsp3) is 0.292. The van der Waals surface area contributed by atoms with Crippen molar-refractivity contribution in [3.05, 3.63) is 84.0 Å². The number of ether oxygens (including phenoxy) is 2. The molecule has 0 atom stereocenters. The van der Waals surface area contributed by atoms with E-state index in [1.807, 2.05) is 67.1 Å². The van der Waals surface area contributed by atoms with E-state index in [0.29, 0.717) is 32.2 Å². The first-order chi connectivity index (χ1) is 15.6. The van der Waals surface area contributed by atoms with Crippen molar-refractivity contribution in [2.75, 3.05) is 13.7 Å². The lowest BCUT2D eigenvalue weighted by Crippen LogP contribution is -2.37. The van der Waals surface area contributed by atoms with Crippen LogP contribution in [0, 0.1) is 6.92 Å². The predicted octanol–water partition coefficient (Wildman–Crippen LogP) is 3.75. The van der Waals surface area contributed by atoms with E-state index in [1.165, 1.54) is 0 Å². The van der Waals surface area contributed by atoms with Crippen LogP contribution in [0.1, 0.15) is 22.8 Å². The monoisotopic (exact) mass is 562 g/mol. The molecule has 0 aliphatic carbocycles. The smallest absolute Gasteiger partial charge is 0.192 e. The molecule has 0 amide bonds. The van der Waals surface area contributed by atoms with Crippen LogP contribution >= 0.6 is 24.0 Å². The number of aliphatic imine (C=N–C) groups is 1. The summed E-state index contributed by atoms with van der Waals surface area (Å²) in [5.74, 6) is 4.00. The molecular formula is C24H31IN6O2. The minimum Gasteiger partial charge on any atom is -0.497 e. The highest BCUT2D eigenvalue weighted by atomic mass is 127. The van der Waals surface area contributed by atoms with Crippen LogP contribution in [0.5, 0.6) is 11.5 Å². The molecule has 2 N–H and O–H groups in total. The minimum absolute atomic E-state index is 0. The maximum Gasteiger partial charge on any atom is 0.192 e. The summed E-state index contributed by atoms with van der Waals surface area (Å²) in [4.78, 5) is 4.75. The Morgan fingerprint density at radius 2 is 1.82 bits per heavy atom. The molecule has 0 bridgehead atoms. The molecule has 1 aromatic heterocycles. The number of halogens is 1. The van der Waals surface area contributed by atoms with Crippen LogP contribution in [0.25, 0.3) is 0 Å². The summed E-state index contributed by atoms with van der Waals surface area (Å²) in [5, 5.41) is 15.1. The molecule has 9 heteroatoms. The molecule has 0 saturated heterocycles. The number of nitrogens with one attached hydrogen (secondary N) is 2. The van der Waals surface area contributed by atoms with Gasteiger partial charge in [-0.05, 0) is 30.7 Å². The summed E-state index contributed by atoms with van der Waals surface area (Å²) in [7, 11) is 3.60. The topological polar surface area (TPSA) is 85.6 Å². The third-order valence-electron chi connectivity index (χ3n) is 4.95. The second kappa shape index (κ2) is 13.5. The molecule has 0 aliphatic heterocycles. The van der Waals surface area contributed by atoms with Crippen LogP contribution in [-0.2, 0) is 26.7 Å². The zero-order valence-corrected chi connectivity index (χ0v) is 21.6. The van der Waals surface area contributed by atoms with Crippen molar-refractivity contribution >= 4 is 29.9 Å². The molecule has 33 heavy (non-hydrogen) atoms. The Kier molecular flexibility index (Phi) is 10.7. The number of para-hydroxylation sites is 1. The van der Waals surface area contributed by atoms with E-state index in [-0.39, 0.29) is 24.0 Å². The van der Waals surface area contributed by atoms with Gasteiger partial charge in [0.25, 0.3) is 0 Å². The van der Waals surface area contributed by atoms with Gasteiger partial charge in [0, 0.05) is 19.2 Å². The third kappa shape index (κ3) is 7.77. The van der Waals surface area contributed by atoms with Gasteiger partial charge >= 0.3 is 0 Å². The minimum atomic E-state index is 0. The summed E-state index contributed by atoms with van der Waals surface area (Å²) in [5.41, 5.74) is 2.11. The van der Waals surface area contributed by atoms with Crippen molar-refractivity contribution in [2.45, 2.75) is 26.6 Å². The zero-order chi connectivity index (χ0) is 22.8. The first-order valence-corrected chi connectivity index (χ1v) is 10.4. The van der Waals surface area contributed by atoms with Gasteiger partial charge in [-0.1, -0.05) is 43.0 Å². The quantitative estimate of drug-likeness (QED) is 0.170. The molecule has 2 aromatic carbocycles. The van der Waals surface area contributed by atoms with Crippen LogP contribution in [-0.4, -0.2) is 34.4 Å². The number of methoxy groups -OCH3 is 1. The van der Waals surface area contributed by atoms with Crippen molar-refractivity contribution in [2.24, 2.45) is 12.0 Å². The average molecular weight is 562 g/mol. The molecule has 3 aromatic rings. The van der Waals surface area contributed by atoms with E-state index in [4.69, 9.17) is 14.5 Å². The summed E-state index contributed by atoms with van der Waals surface area (Å²) < 4.78 is 12.9. The molecule has 1 heterocycles. The number of aromatic nitrogens is 3. The van der Waals surface area contributed by atoms with Crippen LogP contribution in [0.15, 0.2) is 66.2 Å². The predicted molar refractivity (Wildman–Crippen MR) is 141 cm³/mol. The first-order valence-electron chi connectivity index (χ1n) is 10.4. The van der Waals surface area contributed by atoms with Crippen molar-refractivity contribution in [3.8, 4) is 11.5 Å². The second-order valence-corrected chi connectivity index (χ2v) is 7.15. The Hall–Kier alpha value is -3.08. The number of benzene rings is 2. The molecule has 0 radical (unpaired) electrons. The summed E-state index contributed by atoms with van der Waals surface area (Å²) >= 11 is 0. The molecule has 0 aliphatic rings. The Bertz CT molecular complexity index is 1050. The SMILES string of the molecule is C=CCOc1ccccc1CNC(=NCc1ccc(OC)cc1)NCc1nnc(C)n1C.I. The van der Waals surface area contributed by atoms with Gasteiger partial charge in [-0.2, -0.15) is 0 Å². The molecule has 3 rings (SSSR count). The molecule has 8 nitrogen and oxygen atoms in total. The fourth-order valence-electron chi connectivity index (χ4n) is 2.96. The highest BCUT2D eigenvalue weighted by molar-refractivity contribution is 14.0. The highest BCUT2D eigenvalue weighted by Crippen LogP contribution is 2.17. The Morgan fingerprint density at radius 3 is 2.48 bits per heavy atom. The number of hydrogen-bond donors (Lipinski definition) is 2. The lowest BCUT2D eigenvalue weighted by atomic mass is 10.2. The first kappa shape index (κ1) is 26.2. The molecule has 0 saturated carbocycles. The molecule has 0 fully saturated rings. The average Bonchev–Trinajstić information content (AvgIpc) is 3.15. The summed E-state index contributed by atoms with van der Waals surface area (Å²) in [6.07, 6.45) is 1.73.